The van der Waals surface area contributed by atoms with Gasteiger partial charge < -0.3 is 15.0 Å². The van der Waals surface area contributed by atoms with E-state index in [0.29, 0.717) is 35.6 Å². The standard InChI is InChI=1S/C21H21F4N5O/c1-12(15-4-3-5-17(18(15)22)21(23,24)25)27-20-16-10-14(30-6-8-31-9-7-30)11-26-19(16)13(2)28-29-20/h3-5,10-12H,6-9H2,1-2H3,(H,27,29)/t12-/m1/s1. The fourth-order valence-electron chi connectivity index (χ4n) is 3.64. The number of pyridine rings is 1. The summed E-state index contributed by atoms with van der Waals surface area (Å²) in [6.45, 7) is 6.02. The molecule has 0 saturated carbocycles. The lowest BCUT2D eigenvalue weighted by Gasteiger charge is -2.28. The molecule has 0 spiro atoms. The van der Waals surface area contributed by atoms with E-state index in [1.807, 2.05) is 6.07 Å². The van der Waals surface area contributed by atoms with E-state index < -0.39 is 23.6 Å². The Labute approximate surface area is 176 Å². The number of anilines is 2. The van der Waals surface area contributed by atoms with Gasteiger partial charge in [0, 0.05) is 24.0 Å². The van der Waals surface area contributed by atoms with Gasteiger partial charge >= 0.3 is 6.18 Å². The Morgan fingerprint density at radius 3 is 2.61 bits per heavy atom. The van der Waals surface area contributed by atoms with E-state index in [-0.39, 0.29) is 5.56 Å². The molecule has 0 amide bonds. The van der Waals surface area contributed by atoms with Gasteiger partial charge in [0.2, 0.25) is 0 Å². The number of morpholine rings is 1. The van der Waals surface area contributed by atoms with Crippen molar-refractivity contribution in [1.82, 2.24) is 15.2 Å². The Kier molecular flexibility index (Phi) is 5.65. The molecule has 1 aliphatic rings. The number of ether oxygens (including phenoxy) is 1. The van der Waals surface area contributed by atoms with Crippen LogP contribution in [0.1, 0.15) is 29.8 Å². The van der Waals surface area contributed by atoms with Crippen molar-refractivity contribution in [2.24, 2.45) is 0 Å². The zero-order valence-electron chi connectivity index (χ0n) is 17.0. The molecule has 1 saturated heterocycles. The van der Waals surface area contributed by atoms with Gasteiger partial charge in [-0.2, -0.15) is 18.3 Å². The third-order valence-corrected chi connectivity index (χ3v) is 5.30. The maximum atomic E-state index is 14.6. The van der Waals surface area contributed by atoms with Gasteiger partial charge in [-0.1, -0.05) is 12.1 Å². The maximum Gasteiger partial charge on any atom is 0.419 e. The molecule has 0 radical (unpaired) electrons. The number of aryl methyl sites for hydroxylation is 1. The molecule has 3 heterocycles. The number of nitrogens with one attached hydrogen (secondary N) is 1. The smallest absolute Gasteiger partial charge is 0.378 e. The molecule has 2 aromatic heterocycles. The first-order chi connectivity index (χ1) is 14.8. The molecule has 4 rings (SSSR count). The number of aromatic nitrogens is 3. The summed E-state index contributed by atoms with van der Waals surface area (Å²) in [6, 6.07) is 4.37. The molecule has 1 N–H and O–H groups in total. The van der Waals surface area contributed by atoms with Crippen molar-refractivity contribution in [1.29, 1.82) is 0 Å². The fourth-order valence-corrected chi connectivity index (χ4v) is 3.64. The number of alkyl halides is 3. The average Bonchev–Trinajstić information content (AvgIpc) is 2.75. The van der Waals surface area contributed by atoms with Crippen LogP contribution in [0.5, 0.6) is 0 Å². The maximum absolute atomic E-state index is 14.6. The van der Waals surface area contributed by atoms with Crippen molar-refractivity contribution in [3.05, 3.63) is 53.1 Å². The summed E-state index contributed by atoms with van der Waals surface area (Å²) in [4.78, 5) is 6.64. The highest BCUT2D eigenvalue weighted by atomic mass is 19.4. The van der Waals surface area contributed by atoms with Crippen LogP contribution in [0, 0.1) is 12.7 Å². The Hall–Kier alpha value is -3.01. The van der Waals surface area contributed by atoms with Crippen molar-refractivity contribution in [2.45, 2.75) is 26.1 Å². The predicted octanol–water partition coefficient (Wildman–Crippen LogP) is 4.50. The third-order valence-electron chi connectivity index (χ3n) is 5.30. The van der Waals surface area contributed by atoms with Crippen molar-refractivity contribution in [3.63, 3.8) is 0 Å². The highest BCUT2D eigenvalue weighted by Crippen LogP contribution is 2.35. The Morgan fingerprint density at radius 2 is 1.90 bits per heavy atom. The van der Waals surface area contributed by atoms with E-state index in [9.17, 15) is 17.6 Å². The normalized spacial score (nSPS) is 15.9. The minimum atomic E-state index is -4.77. The third kappa shape index (κ3) is 4.25. The average molecular weight is 435 g/mol. The summed E-state index contributed by atoms with van der Waals surface area (Å²) in [6.07, 6.45) is -3.02. The van der Waals surface area contributed by atoms with Crippen molar-refractivity contribution in [3.8, 4) is 0 Å². The highest BCUT2D eigenvalue weighted by molar-refractivity contribution is 5.92. The summed E-state index contributed by atoms with van der Waals surface area (Å²) in [7, 11) is 0. The van der Waals surface area contributed by atoms with Gasteiger partial charge in [-0.25, -0.2) is 4.39 Å². The lowest BCUT2D eigenvalue weighted by Crippen LogP contribution is -2.36. The zero-order chi connectivity index (χ0) is 22.2. The molecule has 31 heavy (non-hydrogen) atoms. The van der Waals surface area contributed by atoms with Crippen LogP contribution >= 0.6 is 0 Å². The summed E-state index contributed by atoms with van der Waals surface area (Å²) < 4.78 is 59.2. The van der Waals surface area contributed by atoms with Crippen LogP contribution in [0.3, 0.4) is 0 Å². The first-order valence-electron chi connectivity index (χ1n) is 9.83. The number of benzene rings is 1. The SMILES string of the molecule is Cc1nnc(N[C@H](C)c2cccc(C(F)(F)F)c2F)c2cc(N3CCOCC3)cnc12. The number of halogens is 4. The van der Waals surface area contributed by atoms with Crippen LogP contribution in [-0.2, 0) is 10.9 Å². The van der Waals surface area contributed by atoms with Gasteiger partial charge in [0.1, 0.15) is 5.82 Å². The van der Waals surface area contributed by atoms with Crippen molar-refractivity contribution in [2.75, 3.05) is 36.5 Å². The summed E-state index contributed by atoms with van der Waals surface area (Å²) >= 11 is 0. The molecule has 3 aromatic rings. The molecule has 1 aromatic carbocycles. The topological polar surface area (TPSA) is 63.2 Å². The monoisotopic (exact) mass is 435 g/mol. The van der Waals surface area contributed by atoms with E-state index in [0.717, 1.165) is 24.8 Å². The van der Waals surface area contributed by atoms with E-state index in [4.69, 9.17) is 4.74 Å². The predicted molar refractivity (Wildman–Crippen MR) is 109 cm³/mol. The van der Waals surface area contributed by atoms with Gasteiger partial charge in [-0.15, -0.1) is 5.10 Å². The minimum Gasteiger partial charge on any atom is -0.378 e. The Morgan fingerprint density at radius 1 is 1.16 bits per heavy atom. The molecule has 0 unspecified atom stereocenters. The Balaban J connectivity index is 1.70. The van der Waals surface area contributed by atoms with Crippen LogP contribution in [0.25, 0.3) is 10.9 Å². The van der Waals surface area contributed by atoms with Gasteiger partial charge in [-0.05, 0) is 26.0 Å². The number of fused-ring (bicyclic) bond motifs is 1. The molecule has 1 atom stereocenters. The second-order valence-corrected chi connectivity index (χ2v) is 7.40. The van der Waals surface area contributed by atoms with E-state index in [1.165, 1.54) is 12.1 Å². The molecule has 164 valence electrons. The van der Waals surface area contributed by atoms with Crippen molar-refractivity contribution >= 4 is 22.4 Å². The second-order valence-electron chi connectivity index (χ2n) is 7.40. The first-order valence-corrected chi connectivity index (χ1v) is 9.83. The summed E-state index contributed by atoms with van der Waals surface area (Å²) in [5, 5.41) is 11.9. The van der Waals surface area contributed by atoms with Crippen LogP contribution in [0.15, 0.2) is 30.5 Å². The van der Waals surface area contributed by atoms with Gasteiger partial charge in [0.15, 0.2) is 5.82 Å². The van der Waals surface area contributed by atoms with Crippen LogP contribution in [0.2, 0.25) is 0 Å². The molecule has 10 heteroatoms. The molecule has 0 bridgehead atoms. The molecule has 1 fully saturated rings. The van der Waals surface area contributed by atoms with Crippen LogP contribution in [-0.4, -0.2) is 41.5 Å². The summed E-state index contributed by atoms with van der Waals surface area (Å²) in [5.74, 6) is -0.973. The van der Waals surface area contributed by atoms with E-state index in [2.05, 4.69) is 25.4 Å². The number of rotatable bonds is 4. The second kappa shape index (κ2) is 8.26. The number of hydrogen-bond acceptors (Lipinski definition) is 6. The van der Waals surface area contributed by atoms with E-state index in [1.54, 1.807) is 20.0 Å². The zero-order valence-corrected chi connectivity index (χ0v) is 17.0. The largest absolute Gasteiger partial charge is 0.419 e. The first kappa shape index (κ1) is 21.2. The van der Waals surface area contributed by atoms with E-state index >= 15 is 0 Å². The lowest BCUT2D eigenvalue weighted by molar-refractivity contribution is -0.140. The van der Waals surface area contributed by atoms with Gasteiger partial charge in [0.25, 0.3) is 0 Å². The molecular weight excluding hydrogens is 414 g/mol. The Bertz CT molecular complexity index is 1100. The van der Waals surface area contributed by atoms with Crippen LogP contribution in [0.4, 0.5) is 29.1 Å². The minimum absolute atomic E-state index is 0.109. The summed E-state index contributed by atoms with van der Waals surface area (Å²) in [5.41, 5.74) is 0.708. The number of hydrogen-bond donors (Lipinski definition) is 1. The molecule has 6 nitrogen and oxygen atoms in total. The quantitative estimate of drug-likeness (QED) is 0.609. The lowest BCUT2D eigenvalue weighted by atomic mass is 10.0. The van der Waals surface area contributed by atoms with Gasteiger partial charge in [0.05, 0.1) is 47.9 Å². The highest BCUT2D eigenvalue weighted by Gasteiger charge is 2.35. The fraction of sp³-hybridized carbons (Fsp3) is 0.381. The molecule has 0 aliphatic carbocycles. The molecular formula is C21H21F4N5O. The number of nitrogens with zero attached hydrogens (tertiary/aromatic N) is 4. The van der Waals surface area contributed by atoms with Crippen molar-refractivity contribution < 1.29 is 22.3 Å². The van der Waals surface area contributed by atoms with Crippen LogP contribution < -0.4 is 10.2 Å². The molecule has 1 aliphatic heterocycles. The van der Waals surface area contributed by atoms with Gasteiger partial charge in [-0.3, -0.25) is 4.98 Å².